The van der Waals surface area contributed by atoms with Gasteiger partial charge in [0.1, 0.15) is 5.75 Å². The van der Waals surface area contributed by atoms with Gasteiger partial charge in [-0.2, -0.15) is 0 Å². The van der Waals surface area contributed by atoms with E-state index in [9.17, 15) is 4.79 Å². The molecule has 1 N–H and O–H groups in total. The van der Waals surface area contributed by atoms with Gasteiger partial charge in [-0.25, -0.2) is 0 Å². The average molecular weight is 361 g/mol. The van der Waals surface area contributed by atoms with Gasteiger partial charge in [-0.15, -0.1) is 0 Å². The molecule has 4 heteroatoms. The lowest BCUT2D eigenvalue weighted by Crippen LogP contribution is -2.23. The van der Waals surface area contributed by atoms with Crippen LogP contribution in [0.5, 0.6) is 5.75 Å². The van der Waals surface area contributed by atoms with E-state index in [4.69, 9.17) is 4.74 Å². The first-order valence-electron chi connectivity index (χ1n) is 9.30. The van der Waals surface area contributed by atoms with E-state index in [1.807, 2.05) is 32.0 Å². The number of carbonyl (C=O) groups is 1. The Kier molecular flexibility index (Phi) is 7.45. The molecule has 0 radical (unpaired) electrons. The number of carbonyl (C=O) groups excluding carboxylic acids is 1. The number of benzene rings is 1. The molecule has 1 amide bonds. The highest BCUT2D eigenvalue weighted by molar-refractivity contribution is 6.00. The minimum Gasteiger partial charge on any atom is -0.492 e. The minimum atomic E-state index is -0.142. The van der Waals surface area contributed by atoms with E-state index in [-0.39, 0.29) is 16.7 Å². The molecule has 0 heterocycles. The Morgan fingerprint density at radius 3 is 2.08 bits per heavy atom. The minimum absolute atomic E-state index is 0.0113. The van der Waals surface area contributed by atoms with Gasteiger partial charge in [0.05, 0.1) is 12.3 Å². The van der Waals surface area contributed by atoms with E-state index >= 15 is 0 Å². The van der Waals surface area contributed by atoms with E-state index in [2.05, 4.69) is 59.0 Å². The number of hydrogen-bond acceptors (Lipinski definition) is 3. The number of nitrogens with one attached hydrogen (secondary N) is 1. The van der Waals surface area contributed by atoms with Crippen LogP contribution < -0.4 is 10.1 Å². The molecule has 0 aliphatic carbocycles. The highest BCUT2D eigenvalue weighted by Crippen LogP contribution is 2.40. The van der Waals surface area contributed by atoms with Crippen molar-refractivity contribution in [2.45, 2.75) is 59.3 Å². The number of ether oxygens (including phenoxy) is 1. The van der Waals surface area contributed by atoms with Crippen LogP contribution >= 0.6 is 0 Å². The molecule has 26 heavy (non-hydrogen) atoms. The van der Waals surface area contributed by atoms with Crippen LogP contribution in [0.25, 0.3) is 0 Å². The smallest absolute Gasteiger partial charge is 0.248 e. The third kappa shape index (κ3) is 6.49. The fraction of sp³-hybridized carbons (Fsp3) is 0.591. The molecule has 0 unspecified atom stereocenters. The lowest BCUT2D eigenvalue weighted by atomic mass is 9.75. The fourth-order valence-corrected chi connectivity index (χ4v) is 2.74. The molecule has 0 atom stereocenters. The second-order valence-corrected chi connectivity index (χ2v) is 8.98. The van der Waals surface area contributed by atoms with Crippen LogP contribution in [0.4, 0.5) is 5.69 Å². The van der Waals surface area contributed by atoms with Crippen molar-refractivity contribution in [3.8, 4) is 5.75 Å². The molecule has 0 spiro atoms. The Morgan fingerprint density at radius 1 is 1.08 bits per heavy atom. The lowest BCUT2D eigenvalue weighted by molar-refractivity contribution is -0.111. The van der Waals surface area contributed by atoms with Crippen LogP contribution in [0, 0.1) is 0 Å². The molecule has 4 nitrogen and oxygen atoms in total. The van der Waals surface area contributed by atoms with E-state index in [0.717, 1.165) is 18.0 Å². The topological polar surface area (TPSA) is 41.6 Å². The summed E-state index contributed by atoms with van der Waals surface area (Å²) in [5, 5.41) is 2.99. The first-order chi connectivity index (χ1) is 11.9. The normalized spacial score (nSPS) is 12.7. The average Bonchev–Trinajstić information content (AvgIpc) is 2.46. The number of rotatable bonds is 6. The summed E-state index contributed by atoms with van der Waals surface area (Å²) < 4.78 is 5.84. The Balaban J connectivity index is 3.33. The van der Waals surface area contributed by atoms with Crippen molar-refractivity contribution in [1.29, 1.82) is 0 Å². The molecular formula is C22H36N2O2. The molecule has 0 saturated heterocycles. The van der Waals surface area contributed by atoms with Crippen LogP contribution in [0.3, 0.4) is 0 Å². The first-order valence-corrected chi connectivity index (χ1v) is 9.30. The second-order valence-electron chi connectivity index (χ2n) is 8.98. The summed E-state index contributed by atoms with van der Waals surface area (Å²) in [4.78, 5) is 14.3. The largest absolute Gasteiger partial charge is 0.492 e. The molecule has 1 aromatic rings. The summed E-state index contributed by atoms with van der Waals surface area (Å²) in [6.07, 6.45) is 3.42. The predicted octanol–water partition coefficient (Wildman–Crippen LogP) is 4.74. The van der Waals surface area contributed by atoms with E-state index in [0.29, 0.717) is 6.61 Å². The van der Waals surface area contributed by atoms with Crippen molar-refractivity contribution >= 4 is 11.6 Å². The van der Waals surface area contributed by atoms with Crippen molar-refractivity contribution in [3.63, 3.8) is 0 Å². The van der Waals surface area contributed by atoms with Gasteiger partial charge in [0.2, 0.25) is 5.91 Å². The van der Waals surface area contributed by atoms with Gasteiger partial charge in [0, 0.05) is 12.6 Å². The van der Waals surface area contributed by atoms with Crippen LogP contribution in [0.2, 0.25) is 0 Å². The van der Waals surface area contributed by atoms with Gasteiger partial charge in [-0.05, 0) is 55.1 Å². The SMILES string of the molecule is CCOc1cc(C(C)(C)C)c(C(C)(C)C)cc1NC(=O)/C=C/CN(C)C. The highest BCUT2D eigenvalue weighted by Gasteiger charge is 2.27. The Labute approximate surface area is 159 Å². The van der Waals surface area contributed by atoms with Gasteiger partial charge in [0.15, 0.2) is 0 Å². The Hall–Kier alpha value is -1.81. The van der Waals surface area contributed by atoms with Gasteiger partial charge in [0.25, 0.3) is 0 Å². The second kappa shape index (κ2) is 8.72. The summed E-state index contributed by atoms with van der Waals surface area (Å²) in [6, 6.07) is 4.16. The van der Waals surface area contributed by atoms with Gasteiger partial charge >= 0.3 is 0 Å². The number of amides is 1. The van der Waals surface area contributed by atoms with Gasteiger partial charge in [-0.3, -0.25) is 4.79 Å². The van der Waals surface area contributed by atoms with E-state index < -0.39 is 0 Å². The molecular weight excluding hydrogens is 324 g/mol. The number of likely N-dealkylation sites (N-methyl/N-ethyl adjacent to an activating group) is 1. The first kappa shape index (κ1) is 22.2. The third-order valence-electron chi connectivity index (χ3n) is 4.03. The maximum atomic E-state index is 12.3. The number of hydrogen-bond donors (Lipinski definition) is 1. The predicted molar refractivity (Wildman–Crippen MR) is 111 cm³/mol. The van der Waals surface area contributed by atoms with Crippen LogP contribution in [-0.2, 0) is 15.6 Å². The van der Waals surface area contributed by atoms with E-state index in [1.54, 1.807) is 6.08 Å². The molecule has 0 aliphatic rings. The van der Waals surface area contributed by atoms with E-state index in [1.165, 1.54) is 11.1 Å². The number of nitrogens with zero attached hydrogens (tertiary/aromatic N) is 1. The van der Waals surface area contributed by atoms with Crippen molar-refractivity contribution in [2.24, 2.45) is 0 Å². The summed E-state index contributed by atoms with van der Waals surface area (Å²) in [7, 11) is 3.94. The van der Waals surface area contributed by atoms with Crippen LogP contribution in [0.15, 0.2) is 24.3 Å². The molecule has 0 saturated carbocycles. The maximum absolute atomic E-state index is 12.3. The van der Waals surface area contributed by atoms with Gasteiger partial charge < -0.3 is 15.0 Å². The zero-order valence-electron chi connectivity index (χ0n) is 18.0. The lowest BCUT2D eigenvalue weighted by Gasteiger charge is -2.31. The van der Waals surface area contributed by atoms with Crippen molar-refractivity contribution in [2.75, 3.05) is 32.6 Å². The summed E-state index contributed by atoms with van der Waals surface area (Å²) >= 11 is 0. The monoisotopic (exact) mass is 360 g/mol. The Bertz CT molecular complexity index is 647. The van der Waals surface area contributed by atoms with Crippen molar-refractivity contribution < 1.29 is 9.53 Å². The highest BCUT2D eigenvalue weighted by atomic mass is 16.5. The van der Waals surface area contributed by atoms with Crippen molar-refractivity contribution in [1.82, 2.24) is 4.90 Å². The quantitative estimate of drug-likeness (QED) is 0.745. The molecule has 1 aromatic carbocycles. The molecule has 0 bridgehead atoms. The molecule has 0 aliphatic heterocycles. The zero-order chi connectivity index (χ0) is 20.1. The Morgan fingerprint density at radius 2 is 1.62 bits per heavy atom. The molecule has 0 aromatic heterocycles. The van der Waals surface area contributed by atoms with Crippen LogP contribution in [0.1, 0.15) is 59.6 Å². The summed E-state index contributed by atoms with van der Waals surface area (Å²) in [5.41, 5.74) is 3.15. The zero-order valence-corrected chi connectivity index (χ0v) is 18.0. The molecule has 1 rings (SSSR count). The van der Waals surface area contributed by atoms with Crippen LogP contribution in [-0.4, -0.2) is 38.1 Å². The summed E-state index contributed by atoms with van der Waals surface area (Å²) in [5.74, 6) is 0.580. The third-order valence-corrected chi connectivity index (χ3v) is 4.03. The molecule has 0 fully saturated rings. The molecule has 146 valence electrons. The standard InChI is InChI=1S/C22H36N2O2/c1-10-26-19-15-17(22(5,6)7)16(21(2,3)4)14-18(19)23-20(25)12-11-13-24(8)9/h11-12,14-15H,10,13H2,1-9H3,(H,23,25)/b12-11+. The van der Waals surface area contributed by atoms with Gasteiger partial charge in [-0.1, -0.05) is 47.6 Å². The summed E-state index contributed by atoms with van der Waals surface area (Å²) in [6.45, 7) is 16.4. The van der Waals surface area contributed by atoms with Crippen molar-refractivity contribution in [3.05, 3.63) is 35.4 Å². The number of anilines is 1. The fourth-order valence-electron chi connectivity index (χ4n) is 2.74. The maximum Gasteiger partial charge on any atom is 0.248 e.